The van der Waals surface area contributed by atoms with Crippen LogP contribution in [0.15, 0.2) is 24.8 Å². The molecule has 9 heteroatoms. The fourth-order valence-corrected chi connectivity index (χ4v) is 3.95. The van der Waals surface area contributed by atoms with Gasteiger partial charge in [0.1, 0.15) is 11.6 Å². The number of hydrogen-bond donors (Lipinski definition) is 1. The third kappa shape index (κ3) is 4.30. The maximum absolute atomic E-state index is 11.4. The van der Waals surface area contributed by atoms with Crippen molar-refractivity contribution in [3.05, 3.63) is 30.6 Å². The Kier molecular flexibility index (Phi) is 5.10. The van der Waals surface area contributed by atoms with Gasteiger partial charge in [0, 0.05) is 32.0 Å². The predicted molar refractivity (Wildman–Crippen MR) is 92.1 cm³/mol. The van der Waals surface area contributed by atoms with Crippen molar-refractivity contribution in [3.8, 4) is 5.82 Å². The summed E-state index contributed by atoms with van der Waals surface area (Å²) in [6, 6.07) is 0. The first-order valence-electron chi connectivity index (χ1n) is 8.02. The standard InChI is InChI=1S/C15H22N6O2S/c1-13-17-4-6-21(13)15-12-16-11-14(19-15)18-3-2-5-20-7-9-24(22,23)10-8-20/h4,6,11-12H,2-3,5,7-10H2,1H3,(H,18,19). The number of nitrogens with zero attached hydrogens (tertiary/aromatic N) is 5. The Bertz CT molecular complexity index is 775. The molecule has 2 aromatic rings. The van der Waals surface area contributed by atoms with E-state index in [0.717, 1.165) is 37.0 Å². The van der Waals surface area contributed by atoms with Crippen LogP contribution < -0.4 is 5.32 Å². The molecule has 2 aromatic heterocycles. The fourth-order valence-electron chi connectivity index (χ4n) is 2.67. The fraction of sp³-hybridized carbons (Fsp3) is 0.533. The van der Waals surface area contributed by atoms with Crippen LogP contribution >= 0.6 is 0 Å². The summed E-state index contributed by atoms with van der Waals surface area (Å²) in [5.41, 5.74) is 0. The van der Waals surface area contributed by atoms with Crippen molar-refractivity contribution >= 4 is 15.7 Å². The van der Waals surface area contributed by atoms with Gasteiger partial charge in [0.25, 0.3) is 0 Å². The van der Waals surface area contributed by atoms with Gasteiger partial charge in [-0.25, -0.2) is 18.4 Å². The van der Waals surface area contributed by atoms with Gasteiger partial charge in [0.15, 0.2) is 15.7 Å². The predicted octanol–water partition coefficient (Wildman–Crippen LogP) is 0.503. The molecular formula is C15H22N6O2S. The third-order valence-corrected chi connectivity index (χ3v) is 5.70. The third-order valence-electron chi connectivity index (χ3n) is 4.09. The summed E-state index contributed by atoms with van der Waals surface area (Å²) in [6.07, 6.45) is 7.91. The molecule has 0 bridgehead atoms. The molecule has 0 radical (unpaired) electrons. The second kappa shape index (κ2) is 7.27. The lowest BCUT2D eigenvalue weighted by atomic mass is 10.3. The van der Waals surface area contributed by atoms with E-state index in [4.69, 9.17) is 0 Å². The van der Waals surface area contributed by atoms with E-state index in [1.54, 1.807) is 18.6 Å². The normalized spacial score (nSPS) is 17.7. The van der Waals surface area contributed by atoms with Crippen LogP contribution in [0.4, 0.5) is 5.82 Å². The average Bonchev–Trinajstić information content (AvgIpc) is 2.99. The first-order chi connectivity index (χ1) is 11.5. The molecule has 1 saturated heterocycles. The molecule has 8 nitrogen and oxygen atoms in total. The highest BCUT2D eigenvalue weighted by Gasteiger charge is 2.20. The van der Waals surface area contributed by atoms with Crippen molar-refractivity contribution in [1.82, 2.24) is 24.4 Å². The Hall–Kier alpha value is -2.00. The molecule has 0 spiro atoms. The van der Waals surface area contributed by atoms with Crippen molar-refractivity contribution in [1.29, 1.82) is 0 Å². The average molecular weight is 350 g/mol. The SMILES string of the molecule is Cc1nccn1-c1cncc(NCCCN2CCS(=O)(=O)CC2)n1. The minimum atomic E-state index is -2.80. The van der Waals surface area contributed by atoms with Gasteiger partial charge in [-0.2, -0.15) is 0 Å². The molecule has 0 aliphatic carbocycles. The highest BCUT2D eigenvalue weighted by Crippen LogP contribution is 2.09. The minimum Gasteiger partial charge on any atom is -0.369 e. The van der Waals surface area contributed by atoms with Gasteiger partial charge < -0.3 is 10.2 Å². The largest absolute Gasteiger partial charge is 0.369 e. The quantitative estimate of drug-likeness (QED) is 0.759. The summed E-state index contributed by atoms with van der Waals surface area (Å²) in [7, 11) is -2.80. The van der Waals surface area contributed by atoms with Crippen LogP contribution in [0.3, 0.4) is 0 Å². The zero-order valence-corrected chi connectivity index (χ0v) is 14.5. The number of nitrogens with one attached hydrogen (secondary N) is 1. The van der Waals surface area contributed by atoms with Crippen LogP contribution in [0.2, 0.25) is 0 Å². The van der Waals surface area contributed by atoms with E-state index >= 15 is 0 Å². The summed E-state index contributed by atoms with van der Waals surface area (Å²) in [5.74, 6) is 2.87. The van der Waals surface area contributed by atoms with Crippen LogP contribution in [-0.4, -0.2) is 70.5 Å². The molecule has 3 heterocycles. The number of aryl methyl sites for hydroxylation is 1. The molecular weight excluding hydrogens is 328 g/mol. The van der Waals surface area contributed by atoms with Gasteiger partial charge in [-0.15, -0.1) is 0 Å². The molecule has 0 saturated carbocycles. The Morgan fingerprint density at radius 2 is 2.04 bits per heavy atom. The molecule has 130 valence electrons. The lowest BCUT2D eigenvalue weighted by molar-refractivity contribution is 0.294. The molecule has 24 heavy (non-hydrogen) atoms. The number of anilines is 1. The molecule has 1 N–H and O–H groups in total. The zero-order chi connectivity index (χ0) is 17.0. The maximum atomic E-state index is 11.4. The van der Waals surface area contributed by atoms with E-state index in [1.807, 2.05) is 17.7 Å². The van der Waals surface area contributed by atoms with Gasteiger partial charge in [0.05, 0.1) is 23.9 Å². The summed E-state index contributed by atoms with van der Waals surface area (Å²) in [5, 5.41) is 3.27. The Labute approximate surface area is 141 Å². The Morgan fingerprint density at radius 3 is 2.75 bits per heavy atom. The number of imidazole rings is 1. The number of aromatic nitrogens is 4. The topological polar surface area (TPSA) is 93.0 Å². The van der Waals surface area contributed by atoms with Crippen LogP contribution in [0.1, 0.15) is 12.2 Å². The van der Waals surface area contributed by atoms with Gasteiger partial charge in [-0.1, -0.05) is 0 Å². The van der Waals surface area contributed by atoms with Gasteiger partial charge in [0.2, 0.25) is 0 Å². The minimum absolute atomic E-state index is 0.276. The summed E-state index contributed by atoms with van der Waals surface area (Å²) in [6.45, 7) is 4.84. The molecule has 0 aromatic carbocycles. The lowest BCUT2D eigenvalue weighted by Crippen LogP contribution is -2.41. The smallest absolute Gasteiger partial charge is 0.159 e. The van der Waals surface area contributed by atoms with Gasteiger partial charge in [-0.05, 0) is 19.9 Å². The number of hydrogen-bond acceptors (Lipinski definition) is 7. The second-order valence-electron chi connectivity index (χ2n) is 5.88. The first kappa shape index (κ1) is 16.8. The van der Waals surface area contributed by atoms with Gasteiger partial charge in [-0.3, -0.25) is 9.55 Å². The first-order valence-corrected chi connectivity index (χ1v) is 9.85. The maximum Gasteiger partial charge on any atom is 0.159 e. The molecule has 1 fully saturated rings. The van der Waals surface area contributed by atoms with E-state index in [-0.39, 0.29) is 11.5 Å². The second-order valence-corrected chi connectivity index (χ2v) is 8.18. The summed E-state index contributed by atoms with van der Waals surface area (Å²) < 4.78 is 24.7. The Morgan fingerprint density at radius 1 is 1.25 bits per heavy atom. The highest BCUT2D eigenvalue weighted by atomic mass is 32.2. The van der Waals surface area contributed by atoms with Crippen molar-refractivity contribution in [2.24, 2.45) is 0 Å². The summed E-state index contributed by atoms with van der Waals surface area (Å²) in [4.78, 5) is 15.1. The summed E-state index contributed by atoms with van der Waals surface area (Å²) >= 11 is 0. The molecule has 0 amide bonds. The Balaban J connectivity index is 1.47. The van der Waals surface area contributed by atoms with Crippen molar-refractivity contribution in [2.75, 3.05) is 43.0 Å². The molecule has 1 aliphatic rings. The van der Waals surface area contributed by atoms with E-state index in [1.165, 1.54) is 0 Å². The van der Waals surface area contributed by atoms with Gasteiger partial charge >= 0.3 is 0 Å². The van der Waals surface area contributed by atoms with E-state index in [2.05, 4.69) is 25.2 Å². The van der Waals surface area contributed by atoms with E-state index in [9.17, 15) is 8.42 Å². The highest BCUT2D eigenvalue weighted by molar-refractivity contribution is 7.91. The van der Waals surface area contributed by atoms with Crippen LogP contribution in [0.25, 0.3) is 5.82 Å². The van der Waals surface area contributed by atoms with Crippen LogP contribution in [0, 0.1) is 6.92 Å². The molecule has 0 atom stereocenters. The van der Waals surface area contributed by atoms with E-state index < -0.39 is 9.84 Å². The van der Waals surface area contributed by atoms with E-state index in [0.29, 0.717) is 13.1 Å². The monoisotopic (exact) mass is 350 g/mol. The van der Waals surface area contributed by atoms with Crippen molar-refractivity contribution in [2.45, 2.75) is 13.3 Å². The van der Waals surface area contributed by atoms with Crippen LogP contribution in [0.5, 0.6) is 0 Å². The van der Waals surface area contributed by atoms with Crippen LogP contribution in [-0.2, 0) is 9.84 Å². The van der Waals surface area contributed by atoms with Crippen molar-refractivity contribution < 1.29 is 8.42 Å². The number of rotatable bonds is 6. The number of sulfone groups is 1. The van der Waals surface area contributed by atoms with Crippen molar-refractivity contribution in [3.63, 3.8) is 0 Å². The molecule has 0 unspecified atom stereocenters. The lowest BCUT2D eigenvalue weighted by Gasteiger charge is -2.26. The molecule has 1 aliphatic heterocycles. The molecule has 3 rings (SSSR count). The zero-order valence-electron chi connectivity index (χ0n) is 13.7.